The van der Waals surface area contributed by atoms with Crippen LogP contribution in [0.15, 0.2) is 36.4 Å². The third-order valence-corrected chi connectivity index (χ3v) is 4.89. The van der Waals surface area contributed by atoms with Gasteiger partial charge in [-0.05, 0) is 48.9 Å². The number of carbonyl (C=O) groups excluding carboxylic acids is 2. The molecule has 0 aliphatic carbocycles. The Morgan fingerprint density at radius 3 is 2.11 bits per heavy atom. The van der Waals surface area contributed by atoms with Crippen LogP contribution in [0.25, 0.3) is 0 Å². The predicted octanol–water partition coefficient (Wildman–Crippen LogP) is 5.29. The maximum absolute atomic E-state index is 12.6. The van der Waals surface area contributed by atoms with Crippen molar-refractivity contribution >= 4 is 23.2 Å². The first-order valence-electron chi connectivity index (χ1n) is 9.76. The summed E-state index contributed by atoms with van der Waals surface area (Å²) in [7, 11) is 0. The van der Waals surface area contributed by atoms with Gasteiger partial charge in [0.15, 0.2) is 0 Å². The Morgan fingerprint density at radius 2 is 1.57 bits per heavy atom. The van der Waals surface area contributed by atoms with E-state index in [1.807, 2.05) is 45.0 Å². The Kier molecular flexibility index (Phi) is 6.65. The van der Waals surface area contributed by atoms with E-state index in [9.17, 15) is 9.59 Å². The van der Waals surface area contributed by atoms with Gasteiger partial charge in [0, 0.05) is 31.3 Å². The van der Waals surface area contributed by atoms with Crippen LogP contribution < -0.4 is 10.2 Å². The van der Waals surface area contributed by atoms with Gasteiger partial charge in [0.1, 0.15) is 0 Å². The SMILES string of the molecule is CC(=O)N(CCC(=O)Nc1c(C)cc(C)cc1C)c1ccccc1C(C)(C)C. The number of nitrogens with one attached hydrogen (secondary N) is 1. The maximum atomic E-state index is 12.6. The molecule has 0 heterocycles. The zero-order chi connectivity index (χ0) is 21.1. The second-order valence-electron chi connectivity index (χ2n) is 8.51. The third kappa shape index (κ3) is 5.22. The van der Waals surface area contributed by atoms with Crippen LogP contribution in [0.5, 0.6) is 0 Å². The minimum Gasteiger partial charge on any atom is -0.326 e. The summed E-state index contributed by atoms with van der Waals surface area (Å²) in [6.45, 7) is 14.3. The molecule has 2 rings (SSSR count). The number of aryl methyl sites for hydroxylation is 3. The van der Waals surface area contributed by atoms with Crippen molar-refractivity contribution in [3.05, 3.63) is 58.7 Å². The monoisotopic (exact) mass is 380 g/mol. The maximum Gasteiger partial charge on any atom is 0.226 e. The molecule has 2 amide bonds. The zero-order valence-corrected chi connectivity index (χ0v) is 18.1. The molecule has 150 valence electrons. The molecular weight excluding hydrogens is 348 g/mol. The normalized spacial score (nSPS) is 11.2. The van der Waals surface area contributed by atoms with Crippen molar-refractivity contribution in [1.29, 1.82) is 0 Å². The van der Waals surface area contributed by atoms with Crippen molar-refractivity contribution in [3.8, 4) is 0 Å². The molecule has 0 saturated carbocycles. The van der Waals surface area contributed by atoms with Gasteiger partial charge in [-0.15, -0.1) is 0 Å². The standard InChI is InChI=1S/C24H32N2O2/c1-16-14-17(2)23(18(3)15-16)25-22(28)12-13-26(19(4)27)21-11-9-8-10-20(21)24(5,6)7/h8-11,14-15H,12-13H2,1-7H3,(H,25,28). The van der Waals surface area contributed by atoms with Crippen molar-refractivity contribution in [1.82, 2.24) is 0 Å². The highest BCUT2D eigenvalue weighted by Gasteiger charge is 2.23. The summed E-state index contributed by atoms with van der Waals surface area (Å²) in [5.41, 5.74) is 6.01. The first-order chi connectivity index (χ1) is 13.0. The van der Waals surface area contributed by atoms with E-state index in [1.54, 1.807) is 11.8 Å². The molecule has 2 aromatic carbocycles. The molecule has 0 spiro atoms. The highest BCUT2D eigenvalue weighted by molar-refractivity contribution is 5.96. The molecule has 2 aromatic rings. The quantitative estimate of drug-likeness (QED) is 0.766. The molecule has 0 fully saturated rings. The minimum atomic E-state index is -0.0946. The lowest BCUT2D eigenvalue weighted by molar-refractivity contribution is -0.117. The Labute approximate surface area is 169 Å². The molecule has 0 radical (unpaired) electrons. The van der Waals surface area contributed by atoms with Crippen LogP contribution in [0.4, 0.5) is 11.4 Å². The first kappa shape index (κ1) is 21.7. The molecule has 1 N–H and O–H groups in total. The third-order valence-electron chi connectivity index (χ3n) is 4.89. The number of amides is 2. The molecule has 0 aliphatic rings. The van der Waals surface area contributed by atoms with Gasteiger partial charge >= 0.3 is 0 Å². The molecule has 4 nitrogen and oxygen atoms in total. The average molecular weight is 381 g/mol. The van der Waals surface area contributed by atoms with Gasteiger partial charge < -0.3 is 10.2 Å². The number of rotatable bonds is 5. The summed E-state index contributed by atoms with van der Waals surface area (Å²) < 4.78 is 0. The second-order valence-corrected chi connectivity index (χ2v) is 8.51. The summed E-state index contributed by atoms with van der Waals surface area (Å²) >= 11 is 0. The first-order valence-corrected chi connectivity index (χ1v) is 9.76. The van der Waals surface area contributed by atoms with E-state index in [0.717, 1.165) is 28.1 Å². The van der Waals surface area contributed by atoms with Crippen molar-refractivity contribution in [2.24, 2.45) is 0 Å². The summed E-state index contributed by atoms with van der Waals surface area (Å²) in [5, 5.41) is 3.02. The predicted molar refractivity (Wildman–Crippen MR) is 117 cm³/mol. The highest BCUT2D eigenvalue weighted by atomic mass is 16.2. The van der Waals surface area contributed by atoms with Crippen LogP contribution in [-0.4, -0.2) is 18.4 Å². The Bertz CT molecular complexity index is 855. The van der Waals surface area contributed by atoms with E-state index in [1.165, 1.54) is 5.56 Å². The fraction of sp³-hybridized carbons (Fsp3) is 0.417. The topological polar surface area (TPSA) is 49.4 Å². The van der Waals surface area contributed by atoms with Crippen molar-refractivity contribution < 1.29 is 9.59 Å². The second kappa shape index (κ2) is 8.59. The number of hydrogen-bond donors (Lipinski definition) is 1. The number of nitrogens with zero attached hydrogens (tertiary/aromatic N) is 1. The van der Waals surface area contributed by atoms with Gasteiger partial charge in [0.2, 0.25) is 11.8 Å². The van der Waals surface area contributed by atoms with Gasteiger partial charge in [0.05, 0.1) is 0 Å². The van der Waals surface area contributed by atoms with E-state index in [0.29, 0.717) is 6.54 Å². The van der Waals surface area contributed by atoms with Gasteiger partial charge in [-0.3, -0.25) is 9.59 Å². The number of para-hydroxylation sites is 1. The van der Waals surface area contributed by atoms with E-state index in [2.05, 4.69) is 38.2 Å². The number of hydrogen-bond acceptors (Lipinski definition) is 2. The van der Waals surface area contributed by atoms with Crippen LogP contribution in [-0.2, 0) is 15.0 Å². The molecule has 0 aliphatic heterocycles. The smallest absolute Gasteiger partial charge is 0.226 e. The molecule has 0 aromatic heterocycles. The fourth-order valence-electron chi connectivity index (χ4n) is 3.58. The molecule has 28 heavy (non-hydrogen) atoms. The van der Waals surface area contributed by atoms with Crippen LogP contribution in [0.3, 0.4) is 0 Å². The molecule has 4 heteroatoms. The lowest BCUT2D eigenvalue weighted by atomic mass is 9.85. The molecule has 0 unspecified atom stereocenters. The highest BCUT2D eigenvalue weighted by Crippen LogP contribution is 2.32. The lowest BCUT2D eigenvalue weighted by Gasteiger charge is -2.29. The van der Waals surface area contributed by atoms with Crippen LogP contribution in [0.2, 0.25) is 0 Å². The number of benzene rings is 2. The average Bonchev–Trinajstić information content (AvgIpc) is 2.57. The van der Waals surface area contributed by atoms with E-state index < -0.39 is 0 Å². The Hall–Kier alpha value is -2.62. The summed E-state index contributed by atoms with van der Waals surface area (Å²) in [6, 6.07) is 12.0. The van der Waals surface area contributed by atoms with Gasteiger partial charge in [0.25, 0.3) is 0 Å². The Balaban J connectivity index is 2.18. The van der Waals surface area contributed by atoms with E-state index >= 15 is 0 Å². The van der Waals surface area contributed by atoms with Crippen LogP contribution >= 0.6 is 0 Å². The molecule has 0 atom stereocenters. The molecule has 0 bridgehead atoms. The summed E-state index contributed by atoms with van der Waals surface area (Å²) in [6.07, 6.45) is 0.241. The largest absolute Gasteiger partial charge is 0.326 e. The molecule has 0 saturated heterocycles. The zero-order valence-electron chi connectivity index (χ0n) is 18.1. The summed E-state index contributed by atoms with van der Waals surface area (Å²) in [5.74, 6) is -0.151. The van der Waals surface area contributed by atoms with Gasteiger partial charge in [-0.2, -0.15) is 0 Å². The van der Waals surface area contributed by atoms with E-state index in [4.69, 9.17) is 0 Å². The van der Waals surface area contributed by atoms with Crippen molar-refractivity contribution in [2.75, 3.05) is 16.8 Å². The van der Waals surface area contributed by atoms with Gasteiger partial charge in [-0.25, -0.2) is 0 Å². The molecular formula is C24H32N2O2. The fourth-order valence-corrected chi connectivity index (χ4v) is 3.58. The number of carbonyl (C=O) groups is 2. The minimum absolute atomic E-state index is 0.0628. The lowest BCUT2D eigenvalue weighted by Crippen LogP contribution is -2.34. The van der Waals surface area contributed by atoms with Gasteiger partial charge in [-0.1, -0.05) is 56.7 Å². The Morgan fingerprint density at radius 1 is 1.00 bits per heavy atom. The van der Waals surface area contributed by atoms with Crippen LogP contribution in [0.1, 0.15) is 56.4 Å². The number of anilines is 2. The van der Waals surface area contributed by atoms with Crippen LogP contribution in [0, 0.1) is 20.8 Å². The summed E-state index contributed by atoms with van der Waals surface area (Å²) in [4.78, 5) is 26.6. The van der Waals surface area contributed by atoms with Crippen molar-refractivity contribution in [3.63, 3.8) is 0 Å². The van der Waals surface area contributed by atoms with Crippen molar-refractivity contribution in [2.45, 2.75) is 60.3 Å². The van der Waals surface area contributed by atoms with E-state index in [-0.39, 0.29) is 23.7 Å².